The van der Waals surface area contributed by atoms with Gasteiger partial charge in [0.15, 0.2) is 0 Å². The fourth-order valence-corrected chi connectivity index (χ4v) is 4.75. The molecule has 160 valence electrons. The summed E-state index contributed by atoms with van der Waals surface area (Å²) in [6.45, 7) is 3.73. The van der Waals surface area contributed by atoms with Gasteiger partial charge in [-0.25, -0.2) is 0 Å². The van der Waals surface area contributed by atoms with Crippen LogP contribution >= 0.6 is 11.6 Å². The first-order valence-corrected chi connectivity index (χ1v) is 10.8. The van der Waals surface area contributed by atoms with Crippen molar-refractivity contribution in [3.63, 3.8) is 0 Å². The molecule has 0 bridgehead atoms. The van der Waals surface area contributed by atoms with Crippen molar-refractivity contribution >= 4 is 23.2 Å². The maximum atomic E-state index is 12.8. The Morgan fingerprint density at radius 2 is 1.81 bits per heavy atom. The molecule has 7 nitrogen and oxygen atoms in total. The van der Waals surface area contributed by atoms with E-state index < -0.39 is 0 Å². The van der Waals surface area contributed by atoms with Crippen LogP contribution in [0.15, 0.2) is 48.5 Å². The number of methoxy groups -OCH3 is 1. The second-order valence-electron chi connectivity index (χ2n) is 8.28. The number of carbonyl (C=O) groups is 1. The van der Waals surface area contributed by atoms with E-state index in [1.807, 2.05) is 41.0 Å². The third kappa shape index (κ3) is 4.16. The van der Waals surface area contributed by atoms with Crippen LogP contribution in [0, 0.1) is 11.8 Å². The molecule has 1 aromatic heterocycles. The summed E-state index contributed by atoms with van der Waals surface area (Å²) in [7, 11) is 1.61. The zero-order chi connectivity index (χ0) is 21.4. The summed E-state index contributed by atoms with van der Waals surface area (Å²) in [5.74, 6) is 2.81. The van der Waals surface area contributed by atoms with Crippen molar-refractivity contribution in [1.29, 1.82) is 0 Å². The van der Waals surface area contributed by atoms with Gasteiger partial charge in [0.1, 0.15) is 11.6 Å². The number of likely N-dealkylation sites (tertiary alicyclic amines) is 1. The smallest absolute Gasteiger partial charge is 0.293 e. The summed E-state index contributed by atoms with van der Waals surface area (Å²) in [5.41, 5.74) is 1.97. The zero-order valence-electron chi connectivity index (χ0n) is 17.3. The van der Waals surface area contributed by atoms with Crippen molar-refractivity contribution in [2.45, 2.75) is 19.5 Å². The molecule has 1 amide bonds. The fourth-order valence-electron chi connectivity index (χ4n) is 4.63. The van der Waals surface area contributed by atoms with Gasteiger partial charge in [-0.05, 0) is 53.8 Å². The highest BCUT2D eigenvalue weighted by Gasteiger charge is 2.39. The van der Waals surface area contributed by atoms with Crippen LogP contribution in [0.1, 0.15) is 22.0 Å². The second-order valence-corrected chi connectivity index (χ2v) is 8.71. The Labute approximate surface area is 186 Å². The Hall–Kier alpha value is -2.90. The predicted octanol–water partition coefficient (Wildman–Crippen LogP) is 3.50. The first kappa shape index (κ1) is 20.0. The van der Waals surface area contributed by atoms with E-state index >= 15 is 0 Å². The van der Waals surface area contributed by atoms with Crippen molar-refractivity contribution in [2.75, 3.05) is 25.5 Å². The minimum atomic E-state index is -0.238. The summed E-state index contributed by atoms with van der Waals surface area (Å²) in [6.07, 6.45) is 0.852. The fraction of sp³-hybridized carbons (Fsp3) is 0.348. The molecule has 3 aromatic rings. The summed E-state index contributed by atoms with van der Waals surface area (Å²) in [5, 5.41) is 12.2. The Balaban J connectivity index is 1.25. The summed E-state index contributed by atoms with van der Waals surface area (Å²) in [4.78, 5) is 15.3. The molecule has 0 unspecified atom stereocenters. The van der Waals surface area contributed by atoms with Gasteiger partial charge in [0.05, 0.1) is 7.11 Å². The average Bonchev–Trinajstić information content (AvgIpc) is 3.36. The van der Waals surface area contributed by atoms with E-state index in [4.69, 9.17) is 16.3 Å². The number of amides is 1. The van der Waals surface area contributed by atoms with Gasteiger partial charge < -0.3 is 14.6 Å². The molecule has 1 saturated heterocycles. The highest BCUT2D eigenvalue weighted by Crippen LogP contribution is 2.33. The number of anilines is 1. The summed E-state index contributed by atoms with van der Waals surface area (Å²) < 4.78 is 7.16. The summed E-state index contributed by atoms with van der Waals surface area (Å²) in [6, 6.07) is 15.3. The lowest BCUT2D eigenvalue weighted by Gasteiger charge is -2.25. The molecular weight excluding hydrogens is 414 g/mol. The van der Waals surface area contributed by atoms with Crippen molar-refractivity contribution in [3.05, 3.63) is 70.8 Å². The number of halogens is 1. The minimum Gasteiger partial charge on any atom is -0.497 e. The number of rotatable bonds is 5. The van der Waals surface area contributed by atoms with E-state index in [0.29, 0.717) is 23.3 Å². The molecule has 8 heteroatoms. The van der Waals surface area contributed by atoms with Crippen LogP contribution < -0.4 is 10.1 Å². The van der Waals surface area contributed by atoms with Crippen LogP contribution in [0.4, 0.5) is 5.69 Å². The van der Waals surface area contributed by atoms with E-state index in [0.717, 1.165) is 49.2 Å². The number of nitrogens with zero attached hydrogens (tertiary/aromatic N) is 4. The van der Waals surface area contributed by atoms with Crippen LogP contribution in [0.2, 0.25) is 5.02 Å². The molecular formula is C23H24ClN5O2. The van der Waals surface area contributed by atoms with Gasteiger partial charge in [0, 0.05) is 43.3 Å². The topological polar surface area (TPSA) is 72.3 Å². The number of ether oxygens (including phenoxy) is 1. The number of carbonyl (C=O) groups excluding carboxylic acids is 1. The maximum Gasteiger partial charge on any atom is 0.293 e. The molecule has 2 atom stereocenters. The molecule has 5 rings (SSSR count). The number of hydrogen-bond acceptors (Lipinski definition) is 5. The molecule has 0 radical (unpaired) electrons. The second kappa shape index (κ2) is 8.32. The average molecular weight is 438 g/mol. The first-order valence-electron chi connectivity index (χ1n) is 10.4. The first-order chi connectivity index (χ1) is 15.1. The van der Waals surface area contributed by atoms with Crippen molar-refractivity contribution in [1.82, 2.24) is 19.7 Å². The highest BCUT2D eigenvalue weighted by molar-refractivity contribution is 6.30. The Bertz CT molecular complexity index is 1080. The third-order valence-electron chi connectivity index (χ3n) is 6.21. The van der Waals surface area contributed by atoms with Gasteiger partial charge in [-0.2, -0.15) is 0 Å². The van der Waals surface area contributed by atoms with Crippen LogP contribution in [-0.2, 0) is 19.5 Å². The van der Waals surface area contributed by atoms with Crippen LogP contribution in [0.5, 0.6) is 5.75 Å². The molecule has 0 aliphatic carbocycles. The monoisotopic (exact) mass is 437 g/mol. The normalized spacial score (nSPS) is 20.2. The largest absolute Gasteiger partial charge is 0.497 e. The molecule has 1 N–H and O–H groups in total. The van der Waals surface area contributed by atoms with Gasteiger partial charge in [0.25, 0.3) is 5.91 Å². The molecule has 0 spiro atoms. The Morgan fingerprint density at radius 1 is 1.06 bits per heavy atom. The predicted molar refractivity (Wildman–Crippen MR) is 118 cm³/mol. The molecule has 1 fully saturated rings. The van der Waals surface area contributed by atoms with Gasteiger partial charge in [0.2, 0.25) is 5.82 Å². The van der Waals surface area contributed by atoms with Gasteiger partial charge in [-0.3, -0.25) is 9.69 Å². The van der Waals surface area contributed by atoms with E-state index in [2.05, 4.69) is 32.5 Å². The summed E-state index contributed by atoms with van der Waals surface area (Å²) >= 11 is 6.00. The quantitative estimate of drug-likeness (QED) is 0.661. The van der Waals surface area contributed by atoms with Gasteiger partial charge in [-0.1, -0.05) is 23.7 Å². The zero-order valence-corrected chi connectivity index (χ0v) is 18.0. The third-order valence-corrected chi connectivity index (χ3v) is 6.46. The Kier molecular flexibility index (Phi) is 5.38. The van der Waals surface area contributed by atoms with Crippen LogP contribution in [-0.4, -0.2) is 45.8 Å². The van der Waals surface area contributed by atoms with Crippen molar-refractivity contribution < 1.29 is 9.53 Å². The number of nitrogens with one attached hydrogen (secondary N) is 1. The van der Waals surface area contributed by atoms with E-state index in [1.54, 1.807) is 7.11 Å². The minimum absolute atomic E-state index is 0.238. The molecule has 2 aliphatic rings. The van der Waals surface area contributed by atoms with E-state index in [-0.39, 0.29) is 5.91 Å². The highest BCUT2D eigenvalue weighted by atomic mass is 35.5. The van der Waals surface area contributed by atoms with Crippen molar-refractivity contribution in [3.8, 4) is 5.75 Å². The lowest BCUT2D eigenvalue weighted by atomic mass is 9.89. The van der Waals surface area contributed by atoms with Gasteiger partial charge in [-0.15, -0.1) is 10.2 Å². The van der Waals surface area contributed by atoms with E-state index in [9.17, 15) is 4.79 Å². The van der Waals surface area contributed by atoms with Gasteiger partial charge >= 0.3 is 0 Å². The molecule has 2 aliphatic heterocycles. The van der Waals surface area contributed by atoms with Crippen LogP contribution in [0.25, 0.3) is 0 Å². The molecule has 3 heterocycles. The maximum absolute atomic E-state index is 12.8. The number of benzene rings is 2. The SMILES string of the molecule is COc1ccc(NC(=O)c2nnc3n2C[C@@H]2CN(Cc4ccc(Cl)cc4)C[C@H]2C3)cc1. The lowest BCUT2D eigenvalue weighted by molar-refractivity contribution is 0.100. The van der Waals surface area contributed by atoms with Crippen LogP contribution in [0.3, 0.4) is 0 Å². The molecule has 31 heavy (non-hydrogen) atoms. The number of hydrogen-bond donors (Lipinski definition) is 1. The Morgan fingerprint density at radius 3 is 2.55 bits per heavy atom. The van der Waals surface area contributed by atoms with Crippen molar-refractivity contribution in [2.24, 2.45) is 11.8 Å². The number of aromatic nitrogens is 3. The number of fused-ring (bicyclic) bond motifs is 2. The molecule has 0 saturated carbocycles. The van der Waals surface area contributed by atoms with E-state index in [1.165, 1.54) is 5.56 Å². The standard InChI is InChI=1S/C23H24ClN5O2/c1-31-20-8-6-19(7-9-20)25-23(30)22-27-26-21-10-16-12-28(13-17(16)14-29(21)22)11-15-2-4-18(24)5-3-15/h2-9,16-17H,10-14H2,1H3,(H,25,30)/t16-,17+/m1/s1. The molecule has 2 aromatic carbocycles. The lowest BCUT2D eigenvalue weighted by Crippen LogP contribution is -2.31.